The Hall–Kier alpha value is -2.12. The first-order valence-corrected chi connectivity index (χ1v) is 10.2. The van der Waals surface area contributed by atoms with E-state index >= 15 is 0 Å². The second-order valence-corrected chi connectivity index (χ2v) is 11.0. The quantitative estimate of drug-likeness (QED) is 0.453. The summed E-state index contributed by atoms with van der Waals surface area (Å²) in [5.41, 5.74) is 3.21. The molecule has 0 saturated heterocycles. The standard InChI is InChI=1S/C19H18N3O3P3/c23-18-22(11-17-20-8-1-9-21-17)15-10-13(4-7-16(15)24-18)12-2-5-14(6-3-12)25-19(26,27)28/h1-10H,11,26-28H2. The highest BCUT2D eigenvalue weighted by atomic mass is 31.1. The first-order valence-electron chi connectivity index (χ1n) is 8.44. The fourth-order valence-corrected chi connectivity index (χ4v) is 3.27. The largest absolute Gasteiger partial charge is 0.476 e. The van der Waals surface area contributed by atoms with Crippen molar-refractivity contribution in [1.29, 1.82) is 0 Å². The van der Waals surface area contributed by atoms with Gasteiger partial charge in [-0.3, -0.25) is 4.57 Å². The van der Waals surface area contributed by atoms with Crippen LogP contribution in [0.25, 0.3) is 22.2 Å². The van der Waals surface area contributed by atoms with Crippen molar-refractivity contribution < 1.29 is 9.15 Å². The van der Waals surface area contributed by atoms with Gasteiger partial charge in [-0.1, -0.05) is 45.9 Å². The number of hydrogen-bond acceptors (Lipinski definition) is 5. The highest BCUT2D eigenvalue weighted by Crippen LogP contribution is 2.37. The molecule has 2 aromatic heterocycles. The van der Waals surface area contributed by atoms with E-state index in [4.69, 9.17) is 9.15 Å². The van der Waals surface area contributed by atoms with Crippen molar-refractivity contribution in [3.63, 3.8) is 0 Å². The van der Waals surface area contributed by atoms with Crippen molar-refractivity contribution in [2.45, 2.75) is 11.4 Å². The lowest BCUT2D eigenvalue weighted by Gasteiger charge is -2.20. The van der Waals surface area contributed by atoms with E-state index in [2.05, 4.69) is 37.7 Å². The predicted octanol–water partition coefficient (Wildman–Crippen LogP) is 3.72. The monoisotopic (exact) mass is 429 g/mol. The summed E-state index contributed by atoms with van der Waals surface area (Å²) in [7, 11) is 7.76. The normalized spacial score (nSPS) is 11.7. The molecule has 142 valence electrons. The number of oxazole rings is 1. The van der Waals surface area contributed by atoms with Crippen molar-refractivity contribution in [1.82, 2.24) is 14.5 Å². The third-order valence-corrected chi connectivity index (χ3v) is 4.42. The maximum absolute atomic E-state index is 12.3. The van der Waals surface area contributed by atoms with Crippen LogP contribution in [0.1, 0.15) is 5.82 Å². The van der Waals surface area contributed by atoms with Gasteiger partial charge in [-0.2, -0.15) is 0 Å². The molecule has 0 spiro atoms. The summed E-state index contributed by atoms with van der Waals surface area (Å²) >= 11 is 0. The van der Waals surface area contributed by atoms with Crippen molar-refractivity contribution >= 4 is 38.8 Å². The molecule has 4 aromatic rings. The third-order valence-electron chi connectivity index (χ3n) is 4.07. The zero-order valence-corrected chi connectivity index (χ0v) is 18.2. The molecule has 9 heteroatoms. The van der Waals surface area contributed by atoms with Crippen LogP contribution in [-0.4, -0.2) is 19.4 Å². The molecule has 2 heterocycles. The average Bonchev–Trinajstić information content (AvgIpc) is 2.97. The first-order chi connectivity index (χ1) is 13.4. The molecule has 0 saturated carbocycles. The van der Waals surface area contributed by atoms with Crippen molar-refractivity contribution in [3.05, 3.63) is 77.3 Å². The Kier molecular flexibility index (Phi) is 5.29. The molecule has 0 radical (unpaired) electrons. The molecule has 3 atom stereocenters. The molecule has 0 fully saturated rings. The molecule has 0 amide bonds. The Morgan fingerprint density at radius 3 is 2.36 bits per heavy atom. The number of aromatic nitrogens is 3. The van der Waals surface area contributed by atoms with Gasteiger partial charge in [-0.15, -0.1) is 0 Å². The highest BCUT2D eigenvalue weighted by molar-refractivity contribution is 7.56. The first kappa shape index (κ1) is 19.2. The molecular formula is C19H18N3O3P3. The summed E-state index contributed by atoms with van der Waals surface area (Å²) in [5.74, 6) is 0.877. The van der Waals surface area contributed by atoms with Crippen molar-refractivity contribution in [3.8, 4) is 16.9 Å². The van der Waals surface area contributed by atoms with E-state index in [1.54, 1.807) is 24.5 Å². The topological polar surface area (TPSA) is 70.2 Å². The summed E-state index contributed by atoms with van der Waals surface area (Å²) < 4.78 is 12.7. The van der Waals surface area contributed by atoms with Gasteiger partial charge in [0.2, 0.25) is 0 Å². The maximum atomic E-state index is 12.3. The van der Waals surface area contributed by atoms with Gasteiger partial charge in [-0.05, 0) is 41.5 Å². The summed E-state index contributed by atoms with van der Waals surface area (Å²) in [6.45, 7) is 0.251. The number of hydrogen-bond donors (Lipinski definition) is 0. The smallest absolute Gasteiger partial charge is 0.420 e. The van der Waals surface area contributed by atoms with E-state index in [0.29, 0.717) is 16.9 Å². The average molecular weight is 429 g/mol. The predicted molar refractivity (Wildman–Crippen MR) is 120 cm³/mol. The van der Waals surface area contributed by atoms with E-state index in [1.807, 2.05) is 36.4 Å². The third kappa shape index (κ3) is 4.31. The molecule has 0 aliphatic rings. The second kappa shape index (κ2) is 7.72. The van der Waals surface area contributed by atoms with Crippen LogP contribution >= 0.6 is 27.7 Å². The van der Waals surface area contributed by atoms with E-state index in [1.165, 1.54) is 4.57 Å². The summed E-state index contributed by atoms with van der Waals surface area (Å²) in [5, 5.41) is 0. The lowest BCUT2D eigenvalue weighted by atomic mass is 10.1. The number of nitrogens with zero attached hydrogens (tertiary/aromatic N) is 3. The van der Waals surface area contributed by atoms with Crippen LogP contribution in [0.5, 0.6) is 5.75 Å². The number of benzene rings is 2. The van der Waals surface area contributed by atoms with E-state index < -0.39 is 10.6 Å². The van der Waals surface area contributed by atoms with Gasteiger partial charge in [0.25, 0.3) is 0 Å². The number of rotatable bonds is 5. The fraction of sp³-hybridized carbons (Fsp3) is 0.105. The molecular weight excluding hydrogens is 411 g/mol. The van der Waals surface area contributed by atoms with Crippen LogP contribution in [0.3, 0.4) is 0 Å². The summed E-state index contributed by atoms with van der Waals surface area (Å²) in [6.07, 6.45) is 3.30. The van der Waals surface area contributed by atoms with Crippen LogP contribution in [0.15, 0.2) is 70.1 Å². The van der Waals surface area contributed by atoms with Gasteiger partial charge < -0.3 is 9.15 Å². The fourth-order valence-electron chi connectivity index (χ4n) is 2.86. The minimum atomic E-state index is -0.493. The molecule has 28 heavy (non-hydrogen) atoms. The maximum Gasteiger partial charge on any atom is 0.420 e. The number of fused-ring (bicyclic) bond motifs is 1. The summed E-state index contributed by atoms with van der Waals surface area (Å²) in [4.78, 5) is 20.2. The van der Waals surface area contributed by atoms with Crippen LogP contribution in [0, 0.1) is 0 Å². The van der Waals surface area contributed by atoms with Gasteiger partial charge in [0, 0.05) is 12.4 Å². The van der Waals surface area contributed by atoms with Gasteiger partial charge in [0.15, 0.2) is 5.58 Å². The second-order valence-electron chi connectivity index (χ2n) is 6.28. The highest BCUT2D eigenvalue weighted by Gasteiger charge is 2.14. The van der Waals surface area contributed by atoms with Crippen molar-refractivity contribution in [2.75, 3.05) is 0 Å². The van der Waals surface area contributed by atoms with Crippen LogP contribution < -0.4 is 10.5 Å². The Morgan fingerprint density at radius 2 is 1.68 bits per heavy atom. The zero-order valence-electron chi connectivity index (χ0n) is 14.8. The van der Waals surface area contributed by atoms with Crippen molar-refractivity contribution in [2.24, 2.45) is 0 Å². The zero-order chi connectivity index (χ0) is 19.7. The van der Waals surface area contributed by atoms with Gasteiger partial charge >= 0.3 is 5.76 Å². The Balaban J connectivity index is 1.69. The van der Waals surface area contributed by atoms with Crippen LogP contribution in [0.4, 0.5) is 0 Å². The van der Waals surface area contributed by atoms with E-state index in [0.717, 1.165) is 16.9 Å². The summed E-state index contributed by atoms with van der Waals surface area (Å²) in [6, 6.07) is 15.2. The van der Waals surface area contributed by atoms with Gasteiger partial charge in [-0.25, -0.2) is 14.8 Å². The number of ether oxygens (including phenoxy) is 1. The Labute approximate surface area is 168 Å². The Morgan fingerprint density at radius 1 is 1.00 bits per heavy atom. The van der Waals surface area contributed by atoms with Crippen LogP contribution in [-0.2, 0) is 6.54 Å². The van der Waals surface area contributed by atoms with E-state index in [9.17, 15) is 4.79 Å². The molecule has 0 aliphatic carbocycles. The molecule has 6 nitrogen and oxygen atoms in total. The van der Waals surface area contributed by atoms with E-state index in [-0.39, 0.29) is 6.54 Å². The van der Waals surface area contributed by atoms with Crippen LogP contribution in [0.2, 0.25) is 0 Å². The Bertz CT molecular complexity index is 1170. The molecule has 0 aliphatic heterocycles. The van der Waals surface area contributed by atoms with Gasteiger partial charge in [0.05, 0.1) is 12.1 Å². The minimum absolute atomic E-state index is 0.251. The lowest BCUT2D eigenvalue weighted by Crippen LogP contribution is -2.16. The minimum Gasteiger partial charge on any atom is -0.476 e. The lowest BCUT2D eigenvalue weighted by molar-refractivity contribution is 0.337. The molecule has 3 unspecified atom stereocenters. The molecule has 0 N–H and O–H groups in total. The SMILES string of the molecule is O=c1oc2ccc(-c3ccc(OC(P)(P)P)cc3)cc2n1Cc1ncccn1. The molecule has 2 aromatic carbocycles. The molecule has 0 bridgehead atoms. The molecule has 4 rings (SSSR count). The van der Waals surface area contributed by atoms with Gasteiger partial charge in [0.1, 0.15) is 16.4 Å².